The van der Waals surface area contributed by atoms with Gasteiger partial charge in [0, 0.05) is 18.2 Å². The second-order valence-corrected chi connectivity index (χ2v) is 8.79. The lowest BCUT2D eigenvalue weighted by Crippen LogP contribution is -2.35. The van der Waals surface area contributed by atoms with Gasteiger partial charge in [0.25, 0.3) is 11.8 Å². The van der Waals surface area contributed by atoms with Crippen LogP contribution in [0.15, 0.2) is 47.4 Å². The number of carbonyl (C=O) groups is 3. The van der Waals surface area contributed by atoms with Crippen molar-refractivity contribution in [3.8, 4) is 11.5 Å². The zero-order valence-electron chi connectivity index (χ0n) is 18.2. The van der Waals surface area contributed by atoms with Gasteiger partial charge in [0.2, 0.25) is 5.91 Å². The Labute approximate surface area is 200 Å². The number of fused-ring (bicyclic) bond motifs is 1. The van der Waals surface area contributed by atoms with Crippen molar-refractivity contribution in [3.05, 3.63) is 52.9 Å². The molecule has 1 fully saturated rings. The summed E-state index contributed by atoms with van der Waals surface area (Å²) in [6, 6.07) is 12.1. The third-order valence-corrected chi connectivity index (χ3v) is 6.75. The van der Waals surface area contributed by atoms with Crippen LogP contribution in [-0.4, -0.2) is 54.3 Å². The van der Waals surface area contributed by atoms with Crippen molar-refractivity contribution < 1.29 is 23.9 Å². The van der Waals surface area contributed by atoms with Crippen LogP contribution < -0.4 is 19.7 Å². The van der Waals surface area contributed by atoms with Crippen LogP contribution in [0.5, 0.6) is 11.5 Å². The highest BCUT2D eigenvalue weighted by Crippen LogP contribution is 2.44. The second kappa shape index (κ2) is 9.24. The average Bonchev–Trinajstić information content (AvgIpc) is 3.25. The predicted molar refractivity (Wildman–Crippen MR) is 131 cm³/mol. The van der Waals surface area contributed by atoms with Crippen LogP contribution in [0.3, 0.4) is 0 Å². The number of hydrogen-bond donors (Lipinski definition) is 1. The molecule has 8 nitrogen and oxygen atoms in total. The maximum absolute atomic E-state index is 13.4. The summed E-state index contributed by atoms with van der Waals surface area (Å²) in [6.45, 7) is 2.02. The van der Waals surface area contributed by atoms with Crippen LogP contribution in [0, 0.1) is 0 Å². The lowest BCUT2D eigenvalue weighted by atomic mass is 10.1. The average molecular weight is 484 g/mol. The molecule has 1 N–H and O–H groups in total. The van der Waals surface area contributed by atoms with Gasteiger partial charge in [-0.05, 0) is 25.1 Å². The summed E-state index contributed by atoms with van der Waals surface area (Å²) < 4.78 is 10.9. The first-order valence-corrected chi connectivity index (χ1v) is 11.3. The van der Waals surface area contributed by atoms with Gasteiger partial charge in [-0.25, -0.2) is 0 Å². The molecule has 0 aliphatic carbocycles. The third kappa shape index (κ3) is 4.07. The van der Waals surface area contributed by atoms with Crippen molar-refractivity contribution in [2.45, 2.75) is 6.92 Å². The zero-order chi connectivity index (χ0) is 23.7. The summed E-state index contributed by atoms with van der Waals surface area (Å²) in [5, 5.41) is 2.78. The first kappa shape index (κ1) is 22.8. The number of carbonyl (C=O) groups excluding carboxylic acids is 3. The molecule has 2 aromatic rings. The Morgan fingerprint density at radius 2 is 1.82 bits per heavy atom. The number of nitrogens with one attached hydrogen (secondary N) is 1. The van der Waals surface area contributed by atoms with Crippen molar-refractivity contribution in [1.82, 2.24) is 4.90 Å². The number of ether oxygens (including phenoxy) is 2. The number of rotatable bonds is 6. The molecule has 2 aromatic carbocycles. The van der Waals surface area contributed by atoms with Crippen molar-refractivity contribution in [1.29, 1.82) is 0 Å². The highest BCUT2D eigenvalue weighted by atomic mass is 32.2. The predicted octanol–water partition coefficient (Wildman–Crippen LogP) is 3.28. The molecule has 170 valence electrons. The van der Waals surface area contributed by atoms with E-state index in [0.29, 0.717) is 44.2 Å². The molecule has 10 heteroatoms. The SMILES string of the molecule is CCN1C(=O)/C(=C2\C(=O)N(CC(=O)Nc3ccc(OC)cc3OC)c3ccccc32)SC1=S. The van der Waals surface area contributed by atoms with Crippen molar-refractivity contribution >= 4 is 63.0 Å². The second-order valence-electron chi connectivity index (χ2n) is 7.14. The molecule has 0 unspecified atom stereocenters. The summed E-state index contributed by atoms with van der Waals surface area (Å²) in [5.74, 6) is -0.101. The number of nitrogens with zero attached hydrogens (tertiary/aromatic N) is 2. The number of thioether (sulfide) groups is 1. The van der Waals surface area contributed by atoms with E-state index in [1.165, 1.54) is 24.0 Å². The summed E-state index contributed by atoms with van der Waals surface area (Å²) in [4.78, 5) is 42.3. The van der Waals surface area contributed by atoms with Crippen LogP contribution >= 0.6 is 24.0 Å². The Kier molecular flexibility index (Phi) is 6.39. The van der Waals surface area contributed by atoms with Gasteiger partial charge in [0.1, 0.15) is 22.4 Å². The normalized spacial score (nSPS) is 17.5. The topological polar surface area (TPSA) is 88.2 Å². The maximum Gasteiger partial charge on any atom is 0.266 e. The van der Waals surface area contributed by atoms with Gasteiger partial charge < -0.3 is 14.8 Å². The number of thiocarbonyl (C=S) groups is 1. The molecule has 0 saturated carbocycles. The number of para-hydroxylation sites is 1. The third-order valence-electron chi connectivity index (χ3n) is 5.30. The molecule has 0 spiro atoms. The smallest absolute Gasteiger partial charge is 0.266 e. The zero-order valence-corrected chi connectivity index (χ0v) is 19.8. The standard InChI is InChI=1S/C23H21N3O5S2/c1-4-25-22(29)20(33-23(25)32)19-14-7-5-6-8-16(14)26(21(19)28)12-18(27)24-15-10-9-13(30-2)11-17(15)31-3/h5-11H,4,12H2,1-3H3,(H,24,27)/b20-19+. The van der Waals surface area contributed by atoms with E-state index in [1.807, 2.05) is 6.92 Å². The van der Waals surface area contributed by atoms with Gasteiger partial charge in [-0.3, -0.25) is 24.2 Å². The van der Waals surface area contributed by atoms with E-state index in [4.69, 9.17) is 21.7 Å². The van der Waals surface area contributed by atoms with Gasteiger partial charge in [-0.15, -0.1) is 0 Å². The molecule has 2 heterocycles. The van der Waals surface area contributed by atoms with Crippen LogP contribution in [0.2, 0.25) is 0 Å². The first-order chi connectivity index (χ1) is 15.9. The molecular weight excluding hydrogens is 462 g/mol. The number of amides is 3. The number of anilines is 2. The van der Waals surface area contributed by atoms with E-state index in [0.717, 1.165) is 11.8 Å². The van der Waals surface area contributed by atoms with Crippen LogP contribution in [0.1, 0.15) is 12.5 Å². The molecule has 0 atom stereocenters. The molecule has 0 bridgehead atoms. The number of hydrogen-bond acceptors (Lipinski definition) is 7. The summed E-state index contributed by atoms with van der Waals surface area (Å²) in [7, 11) is 3.03. The molecule has 0 aromatic heterocycles. The van der Waals surface area contributed by atoms with E-state index in [9.17, 15) is 14.4 Å². The Hall–Kier alpha value is -3.37. The molecule has 2 aliphatic rings. The van der Waals surface area contributed by atoms with Crippen molar-refractivity contribution in [2.75, 3.05) is 37.5 Å². The van der Waals surface area contributed by atoms with E-state index in [1.54, 1.807) is 42.5 Å². The number of likely N-dealkylation sites (N-methyl/N-ethyl adjacent to an activating group) is 1. The minimum absolute atomic E-state index is 0.234. The minimum Gasteiger partial charge on any atom is -0.497 e. The Morgan fingerprint density at radius 1 is 1.06 bits per heavy atom. The fourth-order valence-corrected chi connectivity index (χ4v) is 5.17. The fraction of sp³-hybridized carbons (Fsp3) is 0.217. The van der Waals surface area contributed by atoms with Gasteiger partial charge in [0.05, 0.1) is 36.1 Å². The Morgan fingerprint density at radius 3 is 2.48 bits per heavy atom. The molecule has 2 aliphatic heterocycles. The molecule has 1 saturated heterocycles. The van der Waals surface area contributed by atoms with E-state index in [2.05, 4.69) is 5.32 Å². The molecule has 0 radical (unpaired) electrons. The van der Waals surface area contributed by atoms with Gasteiger partial charge in [-0.1, -0.05) is 42.2 Å². The summed E-state index contributed by atoms with van der Waals surface area (Å²) in [6.07, 6.45) is 0. The van der Waals surface area contributed by atoms with Gasteiger partial charge in [-0.2, -0.15) is 0 Å². The fourth-order valence-electron chi connectivity index (χ4n) is 3.71. The van der Waals surface area contributed by atoms with Crippen molar-refractivity contribution in [2.24, 2.45) is 0 Å². The monoisotopic (exact) mass is 483 g/mol. The molecule has 3 amide bonds. The molecule has 4 rings (SSSR count). The van der Waals surface area contributed by atoms with Crippen LogP contribution in [-0.2, 0) is 14.4 Å². The van der Waals surface area contributed by atoms with Gasteiger partial charge in [0.15, 0.2) is 0 Å². The van der Waals surface area contributed by atoms with Crippen LogP contribution in [0.4, 0.5) is 11.4 Å². The van der Waals surface area contributed by atoms with Gasteiger partial charge >= 0.3 is 0 Å². The Bertz CT molecular complexity index is 1210. The quantitative estimate of drug-likeness (QED) is 0.498. The molecule has 33 heavy (non-hydrogen) atoms. The highest BCUT2D eigenvalue weighted by Gasteiger charge is 2.42. The lowest BCUT2D eigenvalue weighted by molar-refractivity contribution is -0.122. The summed E-state index contributed by atoms with van der Waals surface area (Å²) >= 11 is 6.42. The lowest BCUT2D eigenvalue weighted by Gasteiger charge is -2.18. The number of methoxy groups -OCH3 is 2. The van der Waals surface area contributed by atoms with E-state index < -0.39 is 11.8 Å². The molecular formula is C23H21N3O5S2. The van der Waals surface area contributed by atoms with Crippen LogP contribution in [0.25, 0.3) is 5.57 Å². The van der Waals surface area contributed by atoms with E-state index in [-0.39, 0.29) is 18.0 Å². The highest BCUT2D eigenvalue weighted by molar-refractivity contribution is 8.26. The summed E-state index contributed by atoms with van der Waals surface area (Å²) in [5.41, 5.74) is 1.89. The first-order valence-electron chi connectivity index (χ1n) is 10.1. The number of benzene rings is 2. The largest absolute Gasteiger partial charge is 0.497 e. The minimum atomic E-state index is -0.413. The van der Waals surface area contributed by atoms with E-state index >= 15 is 0 Å². The Balaban J connectivity index is 1.63. The van der Waals surface area contributed by atoms with Crippen molar-refractivity contribution in [3.63, 3.8) is 0 Å². The maximum atomic E-state index is 13.4.